The van der Waals surface area contributed by atoms with Gasteiger partial charge >= 0.3 is 5.97 Å². The molecule has 0 aromatic rings. The molecule has 0 heterocycles. The molecule has 14 heavy (non-hydrogen) atoms. The zero-order valence-electron chi connectivity index (χ0n) is 9.79. The van der Waals surface area contributed by atoms with E-state index in [2.05, 4.69) is 34.1 Å². The van der Waals surface area contributed by atoms with Crippen LogP contribution in [-0.4, -0.2) is 38.9 Å². The highest BCUT2D eigenvalue weighted by Crippen LogP contribution is 2.23. The summed E-state index contributed by atoms with van der Waals surface area (Å²) in [5.41, 5.74) is 0.0996. The quantitative estimate of drug-likeness (QED) is 0.526. The molecule has 0 amide bonds. The second-order valence-corrected chi connectivity index (χ2v) is 7.20. The third kappa shape index (κ3) is 9.94. The van der Waals surface area contributed by atoms with Gasteiger partial charge in [-0.05, 0) is 18.7 Å². The Labute approximate surface area is 87.9 Å². The van der Waals surface area contributed by atoms with Crippen LogP contribution in [-0.2, 0) is 14.3 Å². The molecule has 3 nitrogen and oxygen atoms in total. The van der Waals surface area contributed by atoms with Crippen molar-refractivity contribution in [3.05, 3.63) is 0 Å². The Morgan fingerprint density at radius 2 is 1.86 bits per heavy atom. The fourth-order valence-corrected chi connectivity index (χ4v) is 1.09. The highest BCUT2D eigenvalue weighted by Gasteiger charge is 2.12. The molecule has 0 rings (SSSR count). The first-order valence-corrected chi connectivity index (χ1v) is 7.11. The van der Waals surface area contributed by atoms with E-state index in [-0.39, 0.29) is 25.9 Å². The molecule has 0 saturated heterocycles. The fraction of sp³-hybridized carbons (Fsp3) is 0.900. The maximum atomic E-state index is 11.1. The molecule has 0 radical (unpaired) electrons. The lowest BCUT2D eigenvalue weighted by Gasteiger charge is -2.17. The van der Waals surface area contributed by atoms with Crippen molar-refractivity contribution in [2.75, 3.05) is 32.9 Å². The minimum absolute atomic E-state index is 0.0699. The number of hydrogen-bond acceptors (Lipinski definition) is 3. The Hall–Kier alpha value is -0.140. The molecule has 0 fully saturated rings. The van der Waals surface area contributed by atoms with E-state index >= 15 is 0 Å². The van der Waals surface area contributed by atoms with Gasteiger partial charge < -0.3 is 9.47 Å². The number of hydrogen-bond donors (Lipinski definition) is 0. The maximum absolute atomic E-state index is 11.1. The lowest BCUT2D eigenvalue weighted by Crippen LogP contribution is -2.20. The molecule has 4 heteroatoms. The minimum Gasteiger partial charge on any atom is -0.459 e. The Balaban J connectivity index is 3.46. The molecule has 0 aliphatic carbocycles. The van der Waals surface area contributed by atoms with Crippen LogP contribution in [0.25, 0.3) is 0 Å². The fourth-order valence-electron chi connectivity index (χ4n) is 0.683. The van der Waals surface area contributed by atoms with Crippen molar-refractivity contribution in [2.24, 2.45) is 5.41 Å². The average Bonchev–Trinajstić information content (AvgIpc) is 1.98. The summed E-state index contributed by atoms with van der Waals surface area (Å²) < 4.78 is 10.2. The van der Waals surface area contributed by atoms with Gasteiger partial charge in [-0.25, -0.2) is 4.79 Å². The van der Waals surface area contributed by atoms with Gasteiger partial charge in [0.1, 0.15) is 13.0 Å². The van der Waals surface area contributed by atoms with Crippen LogP contribution in [0.4, 0.5) is 0 Å². The van der Waals surface area contributed by atoms with Gasteiger partial charge in [-0.15, -0.1) is 0 Å². The van der Waals surface area contributed by atoms with Crippen molar-refractivity contribution in [1.29, 1.82) is 0 Å². The summed E-state index contributed by atoms with van der Waals surface area (Å²) in [6.45, 7) is 11.0. The van der Waals surface area contributed by atoms with Gasteiger partial charge in [-0.1, -0.05) is 28.7 Å². The highest BCUT2D eigenvalue weighted by atomic mass is 31.1. The number of esters is 1. The first-order chi connectivity index (χ1) is 6.31. The molecule has 0 unspecified atom stereocenters. The molecule has 0 N–H and O–H groups in total. The molecule has 0 spiro atoms. The molecule has 0 aliphatic rings. The summed E-state index contributed by atoms with van der Waals surface area (Å²) >= 11 is 0. The third-order valence-electron chi connectivity index (χ3n) is 1.24. The van der Waals surface area contributed by atoms with Gasteiger partial charge in [-0.3, -0.25) is 0 Å². The summed E-state index contributed by atoms with van der Waals surface area (Å²) in [7, 11) is -0.169. The standard InChI is InChI=1S/C10H21O3P/c1-10(2,3)7-12-6-9(11)13-8-14(4)5/h6-8H2,1-5H3. The summed E-state index contributed by atoms with van der Waals surface area (Å²) in [5, 5.41) is 0. The largest absolute Gasteiger partial charge is 0.459 e. The zero-order valence-corrected chi connectivity index (χ0v) is 10.7. The zero-order chi connectivity index (χ0) is 11.2. The van der Waals surface area contributed by atoms with Crippen LogP contribution in [0.15, 0.2) is 0 Å². The molecule has 0 aromatic carbocycles. The SMILES string of the molecule is CP(C)COC(=O)COCC(C)(C)C. The molecule has 0 aromatic heterocycles. The van der Waals surface area contributed by atoms with Crippen LogP contribution in [0.3, 0.4) is 0 Å². The normalized spacial score (nSPS) is 11.9. The van der Waals surface area contributed by atoms with E-state index < -0.39 is 0 Å². The van der Waals surface area contributed by atoms with Gasteiger partial charge in [0, 0.05) is 0 Å². The predicted molar refractivity (Wildman–Crippen MR) is 60.0 cm³/mol. The molecule has 0 aliphatic heterocycles. The monoisotopic (exact) mass is 220 g/mol. The first-order valence-electron chi connectivity index (χ1n) is 4.69. The lowest BCUT2D eigenvalue weighted by atomic mass is 9.99. The Morgan fingerprint density at radius 3 is 2.29 bits per heavy atom. The number of ether oxygens (including phenoxy) is 2. The Morgan fingerprint density at radius 1 is 1.29 bits per heavy atom. The van der Waals surface area contributed by atoms with E-state index in [4.69, 9.17) is 9.47 Å². The van der Waals surface area contributed by atoms with Crippen molar-refractivity contribution in [2.45, 2.75) is 20.8 Å². The van der Waals surface area contributed by atoms with E-state index in [1.807, 2.05) is 0 Å². The van der Waals surface area contributed by atoms with E-state index in [0.717, 1.165) is 0 Å². The lowest BCUT2D eigenvalue weighted by molar-refractivity contribution is -0.147. The van der Waals surface area contributed by atoms with Crippen molar-refractivity contribution >= 4 is 13.9 Å². The van der Waals surface area contributed by atoms with Gasteiger partial charge in [0.05, 0.1) is 6.61 Å². The summed E-state index contributed by atoms with van der Waals surface area (Å²) in [4.78, 5) is 11.1. The smallest absolute Gasteiger partial charge is 0.332 e. The van der Waals surface area contributed by atoms with Crippen LogP contribution in [0.2, 0.25) is 0 Å². The van der Waals surface area contributed by atoms with Gasteiger partial charge in [-0.2, -0.15) is 0 Å². The van der Waals surface area contributed by atoms with Gasteiger partial charge in [0.2, 0.25) is 0 Å². The number of carbonyl (C=O) groups excluding carboxylic acids is 1. The first kappa shape index (κ1) is 13.9. The summed E-state index contributed by atoms with van der Waals surface area (Å²) in [6, 6.07) is 0. The van der Waals surface area contributed by atoms with Crippen LogP contribution >= 0.6 is 7.92 Å². The summed E-state index contributed by atoms with van der Waals surface area (Å²) in [6.07, 6.45) is 0.535. The van der Waals surface area contributed by atoms with Gasteiger partial charge in [0.15, 0.2) is 0 Å². The van der Waals surface area contributed by atoms with Gasteiger partial charge in [0.25, 0.3) is 0 Å². The van der Waals surface area contributed by atoms with Crippen LogP contribution in [0.5, 0.6) is 0 Å². The van der Waals surface area contributed by atoms with Crippen molar-refractivity contribution in [3.8, 4) is 0 Å². The maximum Gasteiger partial charge on any atom is 0.332 e. The molecular formula is C10H21O3P. The molecule has 84 valence electrons. The van der Waals surface area contributed by atoms with Crippen molar-refractivity contribution in [1.82, 2.24) is 0 Å². The minimum atomic E-state index is -0.259. The van der Waals surface area contributed by atoms with E-state index in [0.29, 0.717) is 13.0 Å². The average molecular weight is 220 g/mol. The number of rotatable bonds is 5. The topological polar surface area (TPSA) is 35.5 Å². The predicted octanol–water partition coefficient (Wildman–Crippen LogP) is 2.29. The van der Waals surface area contributed by atoms with Crippen molar-refractivity contribution in [3.63, 3.8) is 0 Å². The second-order valence-electron chi connectivity index (χ2n) is 4.78. The van der Waals surface area contributed by atoms with E-state index in [1.165, 1.54) is 0 Å². The van der Waals surface area contributed by atoms with Crippen molar-refractivity contribution < 1.29 is 14.3 Å². The third-order valence-corrected chi connectivity index (χ3v) is 1.88. The highest BCUT2D eigenvalue weighted by molar-refractivity contribution is 7.55. The number of carbonyl (C=O) groups is 1. The molecule has 0 saturated carbocycles. The molecular weight excluding hydrogens is 199 g/mol. The van der Waals surface area contributed by atoms with Crippen LogP contribution in [0, 0.1) is 5.41 Å². The Bertz CT molecular complexity index is 173. The van der Waals surface area contributed by atoms with E-state index in [9.17, 15) is 4.79 Å². The second kappa shape index (κ2) is 6.36. The van der Waals surface area contributed by atoms with Crippen LogP contribution in [0.1, 0.15) is 20.8 Å². The molecule has 0 atom stereocenters. The molecule has 0 bridgehead atoms. The summed E-state index contributed by atoms with van der Waals surface area (Å²) in [5.74, 6) is -0.259. The Kier molecular flexibility index (Phi) is 6.30. The van der Waals surface area contributed by atoms with Crippen LogP contribution < -0.4 is 0 Å². The van der Waals surface area contributed by atoms with E-state index in [1.54, 1.807) is 0 Å².